The van der Waals surface area contributed by atoms with Crippen LogP contribution in [0.15, 0.2) is 5.16 Å². The van der Waals surface area contributed by atoms with Gasteiger partial charge in [-0.2, -0.15) is 0 Å². The highest BCUT2D eigenvalue weighted by Gasteiger charge is 2.40. The summed E-state index contributed by atoms with van der Waals surface area (Å²) < 4.78 is 0. The van der Waals surface area contributed by atoms with Crippen LogP contribution in [-0.2, 0) is 4.79 Å². The average Bonchev–Trinajstić information content (AvgIpc) is 3.02. The predicted molar refractivity (Wildman–Crippen MR) is 80.9 cm³/mol. The van der Waals surface area contributed by atoms with Crippen molar-refractivity contribution in [1.29, 1.82) is 0 Å². The molecule has 21 heavy (non-hydrogen) atoms. The summed E-state index contributed by atoms with van der Waals surface area (Å²) >= 11 is 0. The molecular formula is C16H27N3O2. The Balaban J connectivity index is 1.65. The lowest BCUT2D eigenvalue weighted by Crippen LogP contribution is -2.47. The first-order valence-electron chi connectivity index (χ1n) is 8.48. The van der Waals surface area contributed by atoms with E-state index < -0.39 is 0 Å². The van der Waals surface area contributed by atoms with Gasteiger partial charge in [-0.3, -0.25) is 4.79 Å². The van der Waals surface area contributed by atoms with Crippen LogP contribution in [0.3, 0.4) is 0 Å². The molecule has 0 bridgehead atoms. The van der Waals surface area contributed by atoms with Gasteiger partial charge in [0.15, 0.2) is 5.84 Å². The summed E-state index contributed by atoms with van der Waals surface area (Å²) in [5, 5.41) is 12.0. The Labute approximate surface area is 126 Å². The van der Waals surface area contributed by atoms with E-state index in [1.54, 1.807) is 0 Å². The molecule has 4 unspecified atom stereocenters. The van der Waals surface area contributed by atoms with Crippen LogP contribution in [0, 0.1) is 17.8 Å². The van der Waals surface area contributed by atoms with E-state index in [4.69, 9.17) is 10.9 Å². The molecule has 3 rings (SSSR count). The third kappa shape index (κ3) is 2.87. The molecule has 1 aliphatic heterocycles. The first-order chi connectivity index (χ1) is 10.2. The lowest BCUT2D eigenvalue weighted by atomic mass is 9.67. The number of hydrogen-bond donors (Lipinski definition) is 2. The van der Waals surface area contributed by atoms with E-state index in [2.05, 4.69) is 5.16 Å². The minimum Gasteiger partial charge on any atom is -0.409 e. The van der Waals surface area contributed by atoms with Crippen molar-refractivity contribution in [2.75, 3.05) is 6.54 Å². The number of amides is 1. The van der Waals surface area contributed by atoms with E-state index >= 15 is 0 Å². The van der Waals surface area contributed by atoms with Gasteiger partial charge in [-0.1, -0.05) is 30.8 Å². The van der Waals surface area contributed by atoms with Crippen LogP contribution in [0.2, 0.25) is 0 Å². The van der Waals surface area contributed by atoms with E-state index in [0.29, 0.717) is 0 Å². The summed E-state index contributed by atoms with van der Waals surface area (Å²) in [7, 11) is 0. The number of carbonyl (C=O) groups excluding carboxylic acids is 1. The van der Waals surface area contributed by atoms with Crippen molar-refractivity contribution in [2.24, 2.45) is 28.6 Å². The molecule has 4 atom stereocenters. The summed E-state index contributed by atoms with van der Waals surface area (Å²) in [6.45, 7) is 0.754. The molecule has 0 aromatic rings. The number of hydrogen-bond acceptors (Lipinski definition) is 3. The number of likely N-dealkylation sites (tertiary alicyclic amines) is 1. The fraction of sp³-hybridized carbons (Fsp3) is 0.875. The van der Waals surface area contributed by atoms with Gasteiger partial charge in [0.1, 0.15) is 0 Å². The van der Waals surface area contributed by atoms with Gasteiger partial charge in [0, 0.05) is 12.5 Å². The molecule has 3 N–H and O–H groups in total. The molecule has 0 aromatic heterocycles. The lowest BCUT2D eigenvalue weighted by Gasteiger charge is -2.40. The van der Waals surface area contributed by atoms with Crippen LogP contribution in [-0.4, -0.2) is 34.4 Å². The first-order valence-corrected chi connectivity index (χ1v) is 8.48. The molecule has 1 amide bonds. The van der Waals surface area contributed by atoms with E-state index in [9.17, 15) is 4.79 Å². The van der Waals surface area contributed by atoms with Gasteiger partial charge < -0.3 is 15.8 Å². The summed E-state index contributed by atoms with van der Waals surface area (Å²) in [5.41, 5.74) is 5.75. The Morgan fingerprint density at radius 3 is 2.57 bits per heavy atom. The summed E-state index contributed by atoms with van der Waals surface area (Å²) in [6.07, 6.45) is 10.4. The van der Waals surface area contributed by atoms with Gasteiger partial charge in [0.25, 0.3) is 0 Å². The number of fused-ring (bicyclic) bond motifs is 1. The van der Waals surface area contributed by atoms with Gasteiger partial charge in [-0.25, -0.2) is 0 Å². The summed E-state index contributed by atoms with van der Waals surface area (Å²) in [4.78, 5) is 14.7. The van der Waals surface area contributed by atoms with Crippen molar-refractivity contribution in [1.82, 2.24) is 4.90 Å². The smallest absolute Gasteiger partial charge is 0.226 e. The summed E-state index contributed by atoms with van der Waals surface area (Å²) in [5.74, 6) is 2.21. The Morgan fingerprint density at radius 1 is 1.05 bits per heavy atom. The van der Waals surface area contributed by atoms with Crippen molar-refractivity contribution in [3.63, 3.8) is 0 Å². The van der Waals surface area contributed by atoms with Crippen LogP contribution < -0.4 is 5.73 Å². The topological polar surface area (TPSA) is 78.9 Å². The second-order valence-corrected chi connectivity index (χ2v) is 7.03. The molecule has 118 valence electrons. The van der Waals surface area contributed by atoms with Crippen LogP contribution >= 0.6 is 0 Å². The molecule has 5 nitrogen and oxygen atoms in total. The second-order valence-electron chi connectivity index (χ2n) is 7.03. The van der Waals surface area contributed by atoms with Crippen molar-refractivity contribution in [3.8, 4) is 0 Å². The number of carbonyl (C=O) groups is 1. The van der Waals surface area contributed by atoms with Crippen LogP contribution in [0.1, 0.15) is 57.8 Å². The lowest BCUT2D eigenvalue weighted by molar-refractivity contribution is -0.137. The Kier molecular flexibility index (Phi) is 4.36. The Hall–Kier alpha value is -1.26. The maximum Gasteiger partial charge on any atom is 0.226 e. The molecule has 3 aliphatic rings. The molecule has 5 heteroatoms. The third-order valence-corrected chi connectivity index (χ3v) is 5.88. The highest BCUT2D eigenvalue weighted by molar-refractivity contribution is 5.91. The van der Waals surface area contributed by atoms with Crippen molar-refractivity contribution in [2.45, 2.75) is 63.8 Å². The van der Waals surface area contributed by atoms with E-state index in [-0.39, 0.29) is 23.7 Å². The molecular weight excluding hydrogens is 266 g/mol. The van der Waals surface area contributed by atoms with Crippen molar-refractivity contribution < 1.29 is 10.0 Å². The largest absolute Gasteiger partial charge is 0.409 e. The number of oxime groups is 1. The fourth-order valence-electron chi connectivity index (χ4n) is 4.74. The number of nitrogens with two attached hydrogens (primary N) is 1. The first kappa shape index (κ1) is 14.7. The third-order valence-electron chi connectivity index (χ3n) is 5.88. The molecule has 0 spiro atoms. The van der Waals surface area contributed by atoms with Crippen LogP contribution in [0.4, 0.5) is 0 Å². The SMILES string of the molecule is NC(=NO)C1CCCN1C(=O)C1CCC2CCCCC2C1. The maximum absolute atomic E-state index is 12.8. The van der Waals surface area contributed by atoms with Crippen molar-refractivity contribution in [3.05, 3.63) is 0 Å². The number of rotatable bonds is 2. The van der Waals surface area contributed by atoms with E-state index in [1.165, 1.54) is 32.1 Å². The minimum atomic E-state index is -0.188. The number of nitrogens with zero attached hydrogens (tertiary/aromatic N) is 2. The summed E-state index contributed by atoms with van der Waals surface area (Å²) in [6, 6.07) is -0.188. The van der Waals surface area contributed by atoms with Crippen molar-refractivity contribution >= 4 is 11.7 Å². The molecule has 3 fully saturated rings. The normalized spacial score (nSPS) is 37.3. The van der Waals surface area contributed by atoms with Gasteiger partial charge in [-0.05, 0) is 43.9 Å². The van der Waals surface area contributed by atoms with Crippen LogP contribution in [0.25, 0.3) is 0 Å². The van der Waals surface area contributed by atoms with Gasteiger partial charge in [0.2, 0.25) is 5.91 Å². The Morgan fingerprint density at radius 2 is 1.81 bits per heavy atom. The zero-order chi connectivity index (χ0) is 14.8. The van der Waals surface area contributed by atoms with Gasteiger partial charge >= 0.3 is 0 Å². The predicted octanol–water partition coefficient (Wildman–Crippen LogP) is 2.33. The fourth-order valence-corrected chi connectivity index (χ4v) is 4.74. The molecule has 1 saturated heterocycles. The van der Waals surface area contributed by atoms with Crippen LogP contribution in [0.5, 0.6) is 0 Å². The minimum absolute atomic E-state index is 0.163. The molecule has 0 radical (unpaired) electrons. The zero-order valence-corrected chi connectivity index (χ0v) is 12.7. The standard InChI is InChI=1S/C16H27N3O2/c17-15(18-21)14-6-3-9-19(14)16(20)13-8-7-11-4-1-2-5-12(11)10-13/h11-14,21H,1-10H2,(H2,17,18). The molecule has 2 aliphatic carbocycles. The highest BCUT2D eigenvalue weighted by atomic mass is 16.4. The van der Waals surface area contributed by atoms with E-state index in [1.807, 2.05) is 4.90 Å². The highest BCUT2D eigenvalue weighted by Crippen LogP contribution is 2.43. The zero-order valence-electron chi connectivity index (χ0n) is 12.7. The molecule has 1 heterocycles. The average molecular weight is 293 g/mol. The monoisotopic (exact) mass is 293 g/mol. The molecule has 2 saturated carbocycles. The second kappa shape index (κ2) is 6.24. The maximum atomic E-state index is 12.8. The van der Waals surface area contributed by atoms with Gasteiger partial charge in [-0.15, -0.1) is 0 Å². The quantitative estimate of drug-likeness (QED) is 0.355. The Bertz CT molecular complexity index is 424. The van der Waals surface area contributed by atoms with E-state index in [0.717, 1.165) is 44.1 Å². The van der Waals surface area contributed by atoms with Gasteiger partial charge in [0.05, 0.1) is 6.04 Å². The molecule has 0 aromatic carbocycles. The number of amidine groups is 1.